The van der Waals surface area contributed by atoms with Crippen molar-refractivity contribution in [3.05, 3.63) is 53.3 Å². The summed E-state index contributed by atoms with van der Waals surface area (Å²) in [4.78, 5) is 12.5. The van der Waals surface area contributed by atoms with Gasteiger partial charge < -0.3 is 19.2 Å². The summed E-state index contributed by atoms with van der Waals surface area (Å²) in [6, 6.07) is 9.67. The van der Waals surface area contributed by atoms with Crippen LogP contribution in [0.5, 0.6) is 5.95 Å². The van der Waals surface area contributed by atoms with E-state index in [1.165, 1.54) is 28.6 Å². The van der Waals surface area contributed by atoms with Gasteiger partial charge >= 0.3 is 6.16 Å². The molecule has 1 saturated heterocycles. The number of piperazine rings is 1. The van der Waals surface area contributed by atoms with E-state index < -0.39 is 22.0 Å². The first-order valence-corrected chi connectivity index (χ1v) is 10.7. The number of carbonyl (C=O) groups is 1. The predicted octanol–water partition coefficient (Wildman–Crippen LogP) is 3.79. The third-order valence-corrected chi connectivity index (χ3v) is 7.09. The van der Waals surface area contributed by atoms with Crippen LogP contribution in [0.3, 0.4) is 0 Å². The number of anilines is 1. The van der Waals surface area contributed by atoms with Gasteiger partial charge in [-0.25, -0.2) is 17.6 Å². The van der Waals surface area contributed by atoms with E-state index >= 15 is 0 Å². The molecule has 0 bridgehead atoms. The number of halogens is 2. The lowest BCUT2D eigenvalue weighted by molar-refractivity contribution is 0.134. The minimum Gasteiger partial charge on any atom is -0.449 e. The number of furan rings is 1. The number of benzene rings is 2. The lowest BCUT2D eigenvalue weighted by Crippen LogP contribution is -2.48. The zero-order chi connectivity index (χ0) is 21.5. The van der Waals surface area contributed by atoms with Gasteiger partial charge in [0, 0.05) is 37.6 Å². The maximum absolute atomic E-state index is 13.4. The molecule has 3 aromatic rings. The van der Waals surface area contributed by atoms with Crippen molar-refractivity contribution in [3.8, 4) is 5.95 Å². The number of carboxylic acid groups (broad SMARTS) is 1. The number of hydrogen-bond donors (Lipinski definition) is 1. The highest BCUT2D eigenvalue weighted by Gasteiger charge is 2.29. The molecule has 0 radical (unpaired) electrons. The molecule has 0 unspecified atom stereocenters. The number of ether oxygens (including phenoxy) is 1. The SMILES string of the molecule is O=C(O)Oc1cc2c(Cl)c(N3CCN(S(=O)(=O)c4cccc(F)c4)CC3)ccc2o1. The Hall–Kier alpha value is -2.82. The Morgan fingerprint density at radius 3 is 2.53 bits per heavy atom. The van der Waals surface area contributed by atoms with Crippen LogP contribution in [0.4, 0.5) is 14.9 Å². The van der Waals surface area contributed by atoms with Crippen molar-refractivity contribution in [2.24, 2.45) is 0 Å². The highest BCUT2D eigenvalue weighted by molar-refractivity contribution is 7.89. The predicted molar refractivity (Wildman–Crippen MR) is 107 cm³/mol. The Balaban J connectivity index is 1.53. The van der Waals surface area contributed by atoms with E-state index in [9.17, 15) is 17.6 Å². The molecule has 1 fully saturated rings. The lowest BCUT2D eigenvalue weighted by Gasteiger charge is -2.35. The fourth-order valence-corrected chi connectivity index (χ4v) is 5.15. The van der Waals surface area contributed by atoms with Crippen molar-refractivity contribution in [3.63, 3.8) is 0 Å². The van der Waals surface area contributed by atoms with Crippen molar-refractivity contribution in [2.75, 3.05) is 31.1 Å². The molecular formula is C19H16ClFN2O6S. The normalized spacial score (nSPS) is 15.5. The number of hydrogen-bond acceptors (Lipinski definition) is 6. The molecule has 0 amide bonds. The van der Waals surface area contributed by atoms with Crippen LogP contribution in [0, 0.1) is 5.82 Å². The molecule has 8 nitrogen and oxygen atoms in total. The first kappa shape index (κ1) is 20.5. The Morgan fingerprint density at radius 1 is 1.13 bits per heavy atom. The summed E-state index contributed by atoms with van der Waals surface area (Å²) in [5.41, 5.74) is 1.03. The Bertz CT molecular complexity index is 1220. The first-order valence-electron chi connectivity index (χ1n) is 8.89. The number of nitrogens with zero attached hydrogens (tertiary/aromatic N) is 2. The Kier molecular flexibility index (Phi) is 5.31. The molecule has 0 atom stereocenters. The fourth-order valence-electron chi connectivity index (χ4n) is 3.37. The van der Waals surface area contributed by atoms with Crippen molar-refractivity contribution < 1.29 is 31.9 Å². The van der Waals surface area contributed by atoms with Gasteiger partial charge in [0.1, 0.15) is 11.4 Å². The topological polar surface area (TPSA) is 100 Å². The molecule has 158 valence electrons. The zero-order valence-electron chi connectivity index (χ0n) is 15.4. The maximum Gasteiger partial charge on any atom is 0.513 e. The number of fused-ring (bicyclic) bond motifs is 1. The van der Waals surface area contributed by atoms with E-state index in [1.807, 2.05) is 4.90 Å². The van der Waals surface area contributed by atoms with Gasteiger partial charge in [0.25, 0.3) is 5.95 Å². The zero-order valence-corrected chi connectivity index (χ0v) is 17.0. The van der Waals surface area contributed by atoms with Crippen molar-refractivity contribution in [1.82, 2.24) is 4.31 Å². The van der Waals surface area contributed by atoms with Gasteiger partial charge in [-0.3, -0.25) is 0 Å². The average Bonchev–Trinajstić information content (AvgIpc) is 3.11. The number of sulfonamides is 1. The van der Waals surface area contributed by atoms with Crippen molar-refractivity contribution in [1.29, 1.82) is 0 Å². The van der Waals surface area contributed by atoms with Crippen molar-refractivity contribution >= 4 is 44.4 Å². The lowest BCUT2D eigenvalue weighted by atomic mass is 10.2. The van der Waals surface area contributed by atoms with Crippen LogP contribution in [0.1, 0.15) is 0 Å². The summed E-state index contributed by atoms with van der Waals surface area (Å²) >= 11 is 6.49. The van der Waals surface area contributed by atoms with Crippen LogP contribution in [-0.4, -0.2) is 50.2 Å². The van der Waals surface area contributed by atoms with E-state index in [1.54, 1.807) is 12.1 Å². The maximum atomic E-state index is 13.4. The third kappa shape index (κ3) is 3.81. The Labute approximate surface area is 176 Å². The van der Waals surface area contributed by atoms with Gasteiger partial charge in [-0.05, 0) is 30.3 Å². The summed E-state index contributed by atoms with van der Waals surface area (Å²) in [5.74, 6) is -0.802. The molecule has 11 heteroatoms. The second-order valence-electron chi connectivity index (χ2n) is 6.59. The van der Waals surface area contributed by atoms with Crippen molar-refractivity contribution in [2.45, 2.75) is 4.90 Å². The van der Waals surface area contributed by atoms with E-state index in [0.717, 1.165) is 6.07 Å². The summed E-state index contributed by atoms with van der Waals surface area (Å²) in [5, 5.41) is 9.54. The molecule has 4 rings (SSSR count). The second kappa shape index (κ2) is 7.78. The summed E-state index contributed by atoms with van der Waals surface area (Å²) in [7, 11) is -3.80. The molecule has 1 N–H and O–H groups in total. The van der Waals surface area contributed by atoms with E-state index in [4.69, 9.17) is 21.1 Å². The average molecular weight is 455 g/mol. The molecule has 30 heavy (non-hydrogen) atoms. The molecule has 0 spiro atoms. The largest absolute Gasteiger partial charge is 0.513 e. The molecule has 0 aliphatic carbocycles. The summed E-state index contributed by atoms with van der Waals surface area (Å²) in [6.07, 6.45) is -1.50. The van der Waals surface area contributed by atoms with Crippen LogP contribution in [0.25, 0.3) is 11.0 Å². The van der Waals surface area contributed by atoms with Gasteiger partial charge in [-0.2, -0.15) is 4.31 Å². The summed E-state index contributed by atoms with van der Waals surface area (Å²) in [6.45, 7) is 1.14. The highest BCUT2D eigenvalue weighted by Crippen LogP contribution is 2.38. The second-order valence-corrected chi connectivity index (χ2v) is 8.91. The van der Waals surface area contributed by atoms with Crippen LogP contribution in [-0.2, 0) is 10.0 Å². The number of rotatable bonds is 4. The van der Waals surface area contributed by atoms with Gasteiger partial charge in [0.15, 0.2) is 0 Å². The smallest absolute Gasteiger partial charge is 0.449 e. The Morgan fingerprint density at radius 2 is 1.87 bits per heavy atom. The van der Waals surface area contributed by atoms with Crippen LogP contribution in [0.2, 0.25) is 5.02 Å². The molecule has 1 aromatic heterocycles. The molecular weight excluding hydrogens is 439 g/mol. The third-order valence-electron chi connectivity index (χ3n) is 4.79. The molecule has 2 aromatic carbocycles. The van der Waals surface area contributed by atoms with E-state index in [2.05, 4.69) is 4.74 Å². The van der Waals surface area contributed by atoms with Crippen LogP contribution >= 0.6 is 11.6 Å². The highest BCUT2D eigenvalue weighted by atomic mass is 35.5. The van der Waals surface area contributed by atoms with Gasteiger partial charge in [-0.15, -0.1) is 0 Å². The minimum atomic E-state index is -3.80. The monoisotopic (exact) mass is 454 g/mol. The van der Waals surface area contributed by atoms with E-state index in [0.29, 0.717) is 34.8 Å². The van der Waals surface area contributed by atoms with Gasteiger partial charge in [-0.1, -0.05) is 17.7 Å². The van der Waals surface area contributed by atoms with E-state index in [-0.39, 0.29) is 23.9 Å². The fraction of sp³-hybridized carbons (Fsp3) is 0.211. The molecule has 1 aliphatic rings. The molecule has 1 aliphatic heterocycles. The molecule has 2 heterocycles. The van der Waals surface area contributed by atoms with Crippen LogP contribution in [0.15, 0.2) is 51.8 Å². The van der Waals surface area contributed by atoms with Crippen LogP contribution < -0.4 is 9.64 Å². The first-order chi connectivity index (χ1) is 14.3. The summed E-state index contributed by atoms with van der Waals surface area (Å²) < 4.78 is 50.1. The van der Waals surface area contributed by atoms with Gasteiger partial charge in [0.2, 0.25) is 10.0 Å². The standard InChI is InChI=1S/C19H16ClFN2O6S/c20-18-14-11-17(29-19(24)25)28-16(14)5-4-15(18)22-6-8-23(9-7-22)30(26,27)13-3-1-2-12(21)10-13/h1-5,10-11H,6-9H2,(H,24,25). The molecule has 0 saturated carbocycles. The minimum absolute atomic E-state index is 0.0836. The quantitative estimate of drug-likeness (QED) is 0.598. The van der Waals surface area contributed by atoms with Gasteiger partial charge in [0.05, 0.1) is 15.6 Å².